The van der Waals surface area contributed by atoms with Crippen molar-refractivity contribution in [1.29, 1.82) is 0 Å². The number of aliphatic hydroxyl groups is 2. The van der Waals surface area contributed by atoms with Crippen molar-refractivity contribution in [2.24, 2.45) is 23.2 Å². The van der Waals surface area contributed by atoms with Gasteiger partial charge in [0.2, 0.25) is 0 Å². The molecule has 0 aromatic carbocycles. The quantitative estimate of drug-likeness (QED) is 0.710. The van der Waals surface area contributed by atoms with Gasteiger partial charge in [0.15, 0.2) is 0 Å². The Morgan fingerprint density at radius 3 is 2.20 bits per heavy atom. The summed E-state index contributed by atoms with van der Waals surface area (Å²) in [6.07, 6.45) is 14.4. The molecule has 1 spiro atoms. The molecule has 0 heterocycles. The van der Waals surface area contributed by atoms with E-state index in [0.717, 1.165) is 19.3 Å². The minimum atomic E-state index is -0.536. The highest BCUT2D eigenvalue weighted by Gasteiger charge is 2.65. The van der Waals surface area contributed by atoms with Crippen LogP contribution in [0, 0.1) is 23.2 Å². The van der Waals surface area contributed by atoms with Gasteiger partial charge >= 0.3 is 0 Å². The number of aliphatic hydroxyl groups excluding tert-OH is 1. The predicted molar refractivity (Wildman–Crippen MR) is 79.3 cm³/mol. The van der Waals surface area contributed by atoms with E-state index in [-0.39, 0.29) is 17.4 Å². The van der Waals surface area contributed by atoms with Crippen molar-refractivity contribution in [1.82, 2.24) is 0 Å². The summed E-state index contributed by atoms with van der Waals surface area (Å²) in [4.78, 5) is 0. The molecule has 5 atom stereocenters. The average molecular weight is 278 g/mol. The lowest BCUT2D eigenvalue weighted by Crippen LogP contribution is -2.67. The Kier molecular flexibility index (Phi) is 3.20. The third-order valence-corrected chi connectivity index (χ3v) is 7.64. The van der Waals surface area contributed by atoms with Crippen LogP contribution in [0.15, 0.2) is 0 Å². The van der Waals surface area contributed by atoms with Crippen LogP contribution < -0.4 is 0 Å². The van der Waals surface area contributed by atoms with Crippen LogP contribution in [0.1, 0.15) is 77.0 Å². The molecule has 2 bridgehead atoms. The van der Waals surface area contributed by atoms with Crippen LogP contribution in [0.5, 0.6) is 0 Å². The molecule has 2 nitrogen and oxygen atoms in total. The molecular formula is C18H30O2. The summed E-state index contributed by atoms with van der Waals surface area (Å²) in [5, 5.41) is 22.5. The summed E-state index contributed by atoms with van der Waals surface area (Å²) in [6, 6.07) is 0. The summed E-state index contributed by atoms with van der Waals surface area (Å²) in [6.45, 7) is 0. The maximum absolute atomic E-state index is 11.5. The Hall–Kier alpha value is -0.0800. The fourth-order valence-electron chi connectivity index (χ4n) is 6.95. The Morgan fingerprint density at radius 2 is 1.40 bits per heavy atom. The summed E-state index contributed by atoms with van der Waals surface area (Å²) in [7, 11) is 0. The van der Waals surface area contributed by atoms with E-state index in [9.17, 15) is 10.2 Å². The molecule has 0 aromatic rings. The van der Waals surface area contributed by atoms with Gasteiger partial charge in [-0.2, -0.15) is 0 Å². The topological polar surface area (TPSA) is 40.5 Å². The van der Waals surface area contributed by atoms with Gasteiger partial charge in [0, 0.05) is 5.92 Å². The molecule has 4 saturated carbocycles. The lowest BCUT2D eigenvalue weighted by Gasteiger charge is -2.66. The third-order valence-electron chi connectivity index (χ3n) is 7.64. The molecule has 5 unspecified atom stereocenters. The molecule has 0 saturated heterocycles. The van der Waals surface area contributed by atoms with Crippen LogP contribution >= 0.6 is 0 Å². The van der Waals surface area contributed by atoms with E-state index in [2.05, 4.69) is 0 Å². The second-order valence-corrected chi connectivity index (χ2v) is 8.22. The van der Waals surface area contributed by atoms with Crippen LogP contribution in [0.2, 0.25) is 0 Å². The van der Waals surface area contributed by atoms with Crippen molar-refractivity contribution < 1.29 is 10.2 Å². The van der Waals surface area contributed by atoms with Crippen LogP contribution in [0.4, 0.5) is 0 Å². The first-order valence-electron chi connectivity index (χ1n) is 9.09. The smallest absolute Gasteiger partial charge is 0.0733 e. The van der Waals surface area contributed by atoms with E-state index in [1.54, 1.807) is 0 Å². The molecule has 4 aliphatic rings. The maximum atomic E-state index is 11.5. The van der Waals surface area contributed by atoms with Gasteiger partial charge in [-0.3, -0.25) is 0 Å². The molecule has 2 heteroatoms. The van der Waals surface area contributed by atoms with Gasteiger partial charge in [-0.25, -0.2) is 0 Å². The van der Waals surface area contributed by atoms with E-state index in [1.807, 2.05) is 0 Å². The molecule has 0 aliphatic heterocycles. The lowest BCUT2D eigenvalue weighted by molar-refractivity contribution is -0.258. The Bertz CT molecular complexity index is 374. The van der Waals surface area contributed by atoms with Crippen molar-refractivity contribution in [3.63, 3.8) is 0 Å². The van der Waals surface area contributed by atoms with Gasteiger partial charge in [0.25, 0.3) is 0 Å². The molecule has 0 radical (unpaired) electrons. The van der Waals surface area contributed by atoms with Gasteiger partial charge in [0.1, 0.15) is 0 Å². The molecule has 2 N–H and O–H groups in total. The molecule has 0 aromatic heterocycles. The Labute approximate surface area is 123 Å². The lowest BCUT2D eigenvalue weighted by atomic mass is 9.41. The standard InChI is InChI=1S/C18H30O2/c19-16-13-7-6-8-14(16)18(20)12-5-2-9-15(18)17(13)10-3-1-4-11-17/h13-16,19-20H,1-12H2. The fourth-order valence-corrected chi connectivity index (χ4v) is 6.95. The highest BCUT2D eigenvalue weighted by Crippen LogP contribution is 2.65. The molecule has 4 fully saturated rings. The van der Waals surface area contributed by atoms with Crippen LogP contribution in [0.25, 0.3) is 0 Å². The van der Waals surface area contributed by atoms with Crippen molar-refractivity contribution in [3.05, 3.63) is 0 Å². The zero-order valence-electron chi connectivity index (χ0n) is 12.7. The van der Waals surface area contributed by atoms with Crippen molar-refractivity contribution >= 4 is 0 Å². The number of hydrogen-bond acceptors (Lipinski definition) is 2. The summed E-state index contributed by atoms with van der Waals surface area (Å²) < 4.78 is 0. The van der Waals surface area contributed by atoms with Gasteiger partial charge in [-0.1, -0.05) is 38.5 Å². The maximum Gasteiger partial charge on any atom is 0.0733 e. The molecule has 4 aliphatic carbocycles. The van der Waals surface area contributed by atoms with Gasteiger partial charge < -0.3 is 10.2 Å². The fraction of sp³-hybridized carbons (Fsp3) is 1.00. The zero-order valence-corrected chi connectivity index (χ0v) is 12.7. The number of rotatable bonds is 0. The largest absolute Gasteiger partial charge is 0.392 e. The molecule has 4 rings (SSSR count). The van der Waals surface area contributed by atoms with Gasteiger partial charge in [-0.05, 0) is 55.8 Å². The first-order chi connectivity index (χ1) is 9.68. The monoisotopic (exact) mass is 278 g/mol. The minimum Gasteiger partial charge on any atom is -0.392 e. The SMILES string of the molecule is OC1C2CCCC1C1(CCCCC1)C1CCCCC21O. The summed E-state index contributed by atoms with van der Waals surface area (Å²) in [5.74, 6) is 1.16. The number of fused-ring (bicyclic) bond motifs is 6. The predicted octanol–water partition coefficient (Wildman–Crippen LogP) is 3.65. The van der Waals surface area contributed by atoms with Crippen LogP contribution in [-0.4, -0.2) is 21.9 Å². The van der Waals surface area contributed by atoms with Crippen molar-refractivity contribution in [3.8, 4) is 0 Å². The van der Waals surface area contributed by atoms with Gasteiger partial charge in [0.05, 0.1) is 11.7 Å². The minimum absolute atomic E-state index is 0.180. The molecular weight excluding hydrogens is 248 g/mol. The molecule has 114 valence electrons. The second-order valence-electron chi connectivity index (χ2n) is 8.22. The molecule has 20 heavy (non-hydrogen) atoms. The average Bonchev–Trinajstić information content (AvgIpc) is 2.47. The van der Waals surface area contributed by atoms with Crippen molar-refractivity contribution in [2.75, 3.05) is 0 Å². The van der Waals surface area contributed by atoms with Crippen LogP contribution in [-0.2, 0) is 0 Å². The second kappa shape index (κ2) is 4.71. The zero-order chi connectivity index (χ0) is 13.8. The third kappa shape index (κ3) is 1.64. The normalized spacial score (nSPS) is 50.7. The van der Waals surface area contributed by atoms with E-state index >= 15 is 0 Å². The Balaban J connectivity index is 1.79. The van der Waals surface area contributed by atoms with E-state index < -0.39 is 5.60 Å². The van der Waals surface area contributed by atoms with Crippen molar-refractivity contribution in [2.45, 2.75) is 88.8 Å². The summed E-state index contributed by atoms with van der Waals surface area (Å²) in [5.41, 5.74) is -0.254. The van der Waals surface area contributed by atoms with E-state index in [1.165, 1.54) is 57.8 Å². The first-order valence-corrected chi connectivity index (χ1v) is 9.09. The van der Waals surface area contributed by atoms with E-state index in [4.69, 9.17) is 0 Å². The van der Waals surface area contributed by atoms with E-state index in [0.29, 0.717) is 11.8 Å². The Morgan fingerprint density at radius 1 is 0.700 bits per heavy atom. The summed E-state index contributed by atoms with van der Waals surface area (Å²) >= 11 is 0. The highest BCUT2D eigenvalue weighted by atomic mass is 16.3. The van der Waals surface area contributed by atoms with Crippen LogP contribution in [0.3, 0.4) is 0 Å². The highest BCUT2D eigenvalue weighted by molar-refractivity contribution is 5.15. The van der Waals surface area contributed by atoms with Gasteiger partial charge in [-0.15, -0.1) is 0 Å². The number of hydrogen-bond donors (Lipinski definition) is 2. The molecule has 0 amide bonds. The first kappa shape index (κ1) is 13.6.